The van der Waals surface area contributed by atoms with Crippen LogP contribution in [0.2, 0.25) is 0 Å². The zero-order valence-corrected chi connectivity index (χ0v) is 16.1. The van der Waals surface area contributed by atoms with Crippen LogP contribution in [0.5, 0.6) is 5.75 Å². The number of ether oxygens (including phenoxy) is 1. The van der Waals surface area contributed by atoms with E-state index in [1.165, 1.54) is 51.4 Å². The average Bonchev–Trinajstić information content (AvgIpc) is 2.67. The van der Waals surface area contributed by atoms with E-state index in [1.54, 1.807) is 0 Å². The summed E-state index contributed by atoms with van der Waals surface area (Å²) < 4.78 is 5.63. The van der Waals surface area contributed by atoms with Crippen LogP contribution in [-0.4, -0.2) is 6.61 Å². The van der Waals surface area contributed by atoms with E-state index in [4.69, 9.17) is 4.74 Å². The Balaban J connectivity index is 1.45. The lowest BCUT2D eigenvalue weighted by Crippen LogP contribution is -2.24. The van der Waals surface area contributed by atoms with Gasteiger partial charge in [-0.15, -0.1) is 0 Å². The molecule has 2 aliphatic carbocycles. The number of hydrogen-bond acceptors (Lipinski definition) is 1. The Kier molecular flexibility index (Phi) is 6.85. The largest absolute Gasteiger partial charge is 0.494 e. The lowest BCUT2D eigenvalue weighted by molar-refractivity contribution is 0.162. The zero-order valence-electron chi connectivity index (χ0n) is 16.1. The van der Waals surface area contributed by atoms with Crippen LogP contribution < -0.4 is 4.74 Å². The molecule has 1 aromatic carbocycles. The Morgan fingerprint density at radius 3 is 2.08 bits per heavy atom. The normalized spacial score (nSPS) is 29.5. The summed E-state index contributed by atoms with van der Waals surface area (Å²) in [4.78, 5) is 0. The van der Waals surface area contributed by atoms with Crippen molar-refractivity contribution in [2.75, 3.05) is 6.61 Å². The molecule has 0 N–H and O–H groups in total. The summed E-state index contributed by atoms with van der Waals surface area (Å²) in [6.07, 6.45) is 12.4. The van der Waals surface area contributed by atoms with Crippen LogP contribution >= 0.6 is 0 Å². The van der Waals surface area contributed by atoms with Crippen LogP contribution in [0.15, 0.2) is 24.3 Å². The van der Waals surface area contributed by atoms with Gasteiger partial charge < -0.3 is 4.74 Å². The van der Waals surface area contributed by atoms with E-state index in [1.807, 2.05) is 12.1 Å². The zero-order chi connectivity index (χ0) is 17.5. The minimum atomic E-state index is 0.606. The summed E-state index contributed by atoms with van der Waals surface area (Å²) in [5.41, 5.74) is 1.12. The van der Waals surface area contributed by atoms with Crippen LogP contribution in [0.1, 0.15) is 77.2 Å². The maximum atomic E-state index is 5.63. The van der Waals surface area contributed by atoms with E-state index in [9.17, 15) is 0 Å². The van der Waals surface area contributed by atoms with Crippen molar-refractivity contribution in [3.8, 4) is 17.6 Å². The highest BCUT2D eigenvalue weighted by atomic mass is 16.5. The highest BCUT2D eigenvalue weighted by molar-refractivity contribution is 5.38. The van der Waals surface area contributed by atoms with Gasteiger partial charge in [-0.2, -0.15) is 0 Å². The summed E-state index contributed by atoms with van der Waals surface area (Å²) >= 11 is 0. The fourth-order valence-electron chi connectivity index (χ4n) is 4.53. The van der Waals surface area contributed by atoms with Crippen molar-refractivity contribution in [3.63, 3.8) is 0 Å². The first-order valence-corrected chi connectivity index (χ1v) is 10.5. The SMILES string of the molecule is CCCOc1ccc(C#CC2CCC(C3CCC(C)CC3)CC2)cc1. The molecule has 0 bridgehead atoms. The van der Waals surface area contributed by atoms with E-state index in [2.05, 4.69) is 37.8 Å². The molecule has 0 atom stereocenters. The maximum Gasteiger partial charge on any atom is 0.119 e. The Morgan fingerprint density at radius 2 is 1.48 bits per heavy atom. The Bertz CT molecular complexity index is 560. The highest BCUT2D eigenvalue weighted by Gasteiger charge is 2.29. The van der Waals surface area contributed by atoms with Gasteiger partial charge >= 0.3 is 0 Å². The molecule has 2 fully saturated rings. The molecule has 1 nitrogen and oxygen atoms in total. The van der Waals surface area contributed by atoms with Crippen molar-refractivity contribution in [2.45, 2.75) is 71.6 Å². The summed E-state index contributed by atoms with van der Waals surface area (Å²) in [6.45, 7) is 5.34. The van der Waals surface area contributed by atoms with Crippen LogP contribution in [0.3, 0.4) is 0 Å². The third-order valence-corrected chi connectivity index (χ3v) is 6.25. The van der Waals surface area contributed by atoms with E-state index < -0.39 is 0 Å². The highest BCUT2D eigenvalue weighted by Crippen LogP contribution is 2.41. The molecule has 0 heterocycles. The first kappa shape index (κ1) is 18.4. The van der Waals surface area contributed by atoms with Gasteiger partial charge in [0.05, 0.1) is 6.61 Å². The third-order valence-electron chi connectivity index (χ3n) is 6.25. The van der Waals surface area contributed by atoms with E-state index in [0.29, 0.717) is 5.92 Å². The summed E-state index contributed by atoms with van der Waals surface area (Å²) in [5.74, 6) is 11.5. The van der Waals surface area contributed by atoms with Gasteiger partial charge in [0.25, 0.3) is 0 Å². The Labute approximate surface area is 154 Å². The van der Waals surface area contributed by atoms with Crippen molar-refractivity contribution >= 4 is 0 Å². The van der Waals surface area contributed by atoms with Crippen LogP contribution in [-0.2, 0) is 0 Å². The fourth-order valence-corrected chi connectivity index (χ4v) is 4.53. The molecule has 1 aromatic rings. The molecule has 2 saturated carbocycles. The van der Waals surface area contributed by atoms with Gasteiger partial charge in [0.15, 0.2) is 0 Å². The first-order valence-electron chi connectivity index (χ1n) is 10.5. The molecule has 1 heteroatoms. The monoisotopic (exact) mass is 338 g/mol. The van der Waals surface area contributed by atoms with Crippen LogP contribution in [0, 0.1) is 35.5 Å². The molecule has 2 aliphatic rings. The molecular formula is C24H34O. The summed E-state index contributed by atoms with van der Waals surface area (Å²) in [6, 6.07) is 8.26. The second-order valence-electron chi connectivity index (χ2n) is 8.27. The number of benzene rings is 1. The number of rotatable bonds is 4. The van der Waals surface area contributed by atoms with Gasteiger partial charge in [0.1, 0.15) is 5.75 Å². The van der Waals surface area contributed by atoms with Crippen molar-refractivity contribution < 1.29 is 4.74 Å². The topological polar surface area (TPSA) is 9.23 Å². The molecule has 0 aliphatic heterocycles. The molecule has 0 unspecified atom stereocenters. The molecule has 0 aromatic heterocycles. The second kappa shape index (κ2) is 9.33. The lowest BCUT2D eigenvalue weighted by Gasteiger charge is -2.36. The molecule has 136 valence electrons. The molecular weight excluding hydrogens is 304 g/mol. The molecule has 25 heavy (non-hydrogen) atoms. The van der Waals surface area contributed by atoms with Crippen LogP contribution in [0.25, 0.3) is 0 Å². The van der Waals surface area contributed by atoms with E-state index in [-0.39, 0.29) is 0 Å². The summed E-state index contributed by atoms with van der Waals surface area (Å²) in [7, 11) is 0. The first-order chi connectivity index (χ1) is 12.2. The molecule has 0 spiro atoms. The minimum absolute atomic E-state index is 0.606. The molecule has 0 saturated heterocycles. The van der Waals surface area contributed by atoms with Gasteiger partial charge in [-0.3, -0.25) is 0 Å². The predicted octanol–water partition coefficient (Wildman–Crippen LogP) is 6.46. The number of hydrogen-bond donors (Lipinski definition) is 0. The van der Waals surface area contributed by atoms with E-state index in [0.717, 1.165) is 42.1 Å². The quantitative estimate of drug-likeness (QED) is 0.572. The van der Waals surface area contributed by atoms with Gasteiger partial charge in [-0.1, -0.05) is 38.5 Å². The molecule has 0 amide bonds. The van der Waals surface area contributed by atoms with Gasteiger partial charge in [-0.05, 0) is 87.0 Å². The lowest BCUT2D eigenvalue weighted by atomic mass is 9.69. The maximum absolute atomic E-state index is 5.63. The van der Waals surface area contributed by atoms with Crippen molar-refractivity contribution in [2.24, 2.45) is 23.7 Å². The smallest absolute Gasteiger partial charge is 0.119 e. The van der Waals surface area contributed by atoms with E-state index >= 15 is 0 Å². The third kappa shape index (κ3) is 5.53. The average molecular weight is 339 g/mol. The Hall–Kier alpha value is -1.42. The van der Waals surface area contributed by atoms with Gasteiger partial charge in [0.2, 0.25) is 0 Å². The predicted molar refractivity (Wildman–Crippen MR) is 106 cm³/mol. The van der Waals surface area contributed by atoms with Gasteiger partial charge in [0, 0.05) is 11.5 Å². The van der Waals surface area contributed by atoms with Crippen molar-refractivity contribution in [3.05, 3.63) is 29.8 Å². The second-order valence-corrected chi connectivity index (χ2v) is 8.27. The van der Waals surface area contributed by atoms with Gasteiger partial charge in [-0.25, -0.2) is 0 Å². The minimum Gasteiger partial charge on any atom is -0.494 e. The molecule has 0 radical (unpaired) electrons. The van der Waals surface area contributed by atoms with Crippen LogP contribution in [0.4, 0.5) is 0 Å². The molecule has 3 rings (SSSR count). The fraction of sp³-hybridized carbons (Fsp3) is 0.667. The van der Waals surface area contributed by atoms with Crippen molar-refractivity contribution in [1.82, 2.24) is 0 Å². The Morgan fingerprint density at radius 1 is 0.880 bits per heavy atom. The van der Waals surface area contributed by atoms with Crippen molar-refractivity contribution in [1.29, 1.82) is 0 Å². The summed E-state index contributed by atoms with van der Waals surface area (Å²) in [5, 5.41) is 0. The standard InChI is InChI=1S/C24H34O/c1-3-18-25-24-16-10-21(11-17-24)7-6-20-8-14-23(15-9-20)22-12-4-19(2)5-13-22/h10-11,16-17,19-20,22-23H,3-5,8-9,12-15,18H2,1-2H3.